The Bertz CT molecular complexity index is 810. The molecular formula is C19H24FN3O3. The van der Waals surface area contributed by atoms with Gasteiger partial charge in [0.05, 0.1) is 30.8 Å². The molecule has 2 saturated heterocycles. The predicted molar refractivity (Wildman–Crippen MR) is 94.7 cm³/mol. The molecule has 3 heterocycles. The number of nitrogens with one attached hydrogen (secondary N) is 1. The Balaban J connectivity index is 1.75. The van der Waals surface area contributed by atoms with Crippen LogP contribution in [0.1, 0.15) is 35.4 Å². The molecule has 1 N–H and O–H groups in total. The lowest BCUT2D eigenvalue weighted by atomic mass is 9.94. The lowest BCUT2D eigenvalue weighted by Crippen LogP contribution is -2.33. The van der Waals surface area contributed by atoms with E-state index in [0.717, 1.165) is 51.2 Å². The minimum atomic E-state index is -0.669. The molecule has 1 aromatic carbocycles. The summed E-state index contributed by atoms with van der Waals surface area (Å²) in [6, 6.07) is 3.16. The molecule has 26 heavy (non-hydrogen) atoms. The number of imidazole rings is 1. The van der Waals surface area contributed by atoms with Crippen LogP contribution in [0.4, 0.5) is 4.39 Å². The first-order valence-electron chi connectivity index (χ1n) is 9.25. The Morgan fingerprint density at radius 1 is 1.38 bits per heavy atom. The first-order chi connectivity index (χ1) is 12.7. The van der Waals surface area contributed by atoms with Crippen molar-refractivity contribution in [2.24, 2.45) is 5.92 Å². The first kappa shape index (κ1) is 17.4. The Labute approximate surface area is 151 Å². The third-order valence-corrected chi connectivity index (χ3v) is 5.44. The maximum atomic E-state index is 15.1. The van der Waals surface area contributed by atoms with Crippen molar-refractivity contribution in [1.29, 1.82) is 0 Å². The normalized spacial score (nSPS) is 20.9. The van der Waals surface area contributed by atoms with Gasteiger partial charge in [0.1, 0.15) is 11.3 Å². The van der Waals surface area contributed by atoms with Crippen LogP contribution in [0.25, 0.3) is 11.0 Å². The number of piperidine rings is 1. The molecule has 0 saturated carbocycles. The molecule has 1 aromatic heterocycles. The van der Waals surface area contributed by atoms with E-state index >= 15 is 4.39 Å². The molecule has 0 aliphatic carbocycles. The Morgan fingerprint density at radius 2 is 2.15 bits per heavy atom. The summed E-state index contributed by atoms with van der Waals surface area (Å²) in [6.45, 7) is 3.34. The van der Waals surface area contributed by atoms with Gasteiger partial charge in [-0.3, -0.25) is 0 Å². The summed E-state index contributed by atoms with van der Waals surface area (Å²) in [5.74, 6) is 0.190. The molecule has 2 aliphatic rings. The number of aromatic nitrogens is 2. The van der Waals surface area contributed by atoms with Gasteiger partial charge in [-0.25, -0.2) is 14.2 Å². The third-order valence-electron chi connectivity index (χ3n) is 5.44. The van der Waals surface area contributed by atoms with Crippen LogP contribution in [0, 0.1) is 11.7 Å². The zero-order valence-electron chi connectivity index (χ0n) is 15.0. The van der Waals surface area contributed by atoms with Crippen molar-refractivity contribution >= 4 is 17.0 Å². The summed E-state index contributed by atoms with van der Waals surface area (Å²) < 4.78 is 27.3. The highest BCUT2D eigenvalue weighted by Crippen LogP contribution is 2.28. The highest BCUT2D eigenvalue weighted by molar-refractivity contribution is 5.94. The van der Waals surface area contributed by atoms with E-state index in [2.05, 4.69) is 5.32 Å². The van der Waals surface area contributed by atoms with Gasteiger partial charge in [-0.05, 0) is 50.4 Å². The van der Waals surface area contributed by atoms with E-state index in [-0.39, 0.29) is 11.7 Å². The largest absolute Gasteiger partial charge is 0.465 e. The Hall–Kier alpha value is -1.99. The van der Waals surface area contributed by atoms with Gasteiger partial charge >= 0.3 is 5.97 Å². The second-order valence-electron chi connectivity index (χ2n) is 7.10. The van der Waals surface area contributed by atoms with Crippen molar-refractivity contribution in [3.05, 3.63) is 29.3 Å². The molecule has 0 amide bonds. The van der Waals surface area contributed by atoms with Gasteiger partial charge in [-0.2, -0.15) is 0 Å². The molecule has 140 valence electrons. The van der Waals surface area contributed by atoms with Crippen LogP contribution < -0.4 is 5.32 Å². The zero-order chi connectivity index (χ0) is 18.1. The summed E-state index contributed by atoms with van der Waals surface area (Å²) in [5.41, 5.74) is 0.912. The quantitative estimate of drug-likeness (QED) is 0.828. The van der Waals surface area contributed by atoms with Crippen molar-refractivity contribution in [2.75, 3.05) is 26.8 Å². The topological polar surface area (TPSA) is 65.4 Å². The van der Waals surface area contributed by atoms with Crippen LogP contribution in [0.2, 0.25) is 0 Å². The van der Waals surface area contributed by atoms with Crippen molar-refractivity contribution in [3.8, 4) is 0 Å². The van der Waals surface area contributed by atoms with E-state index < -0.39 is 11.8 Å². The lowest BCUT2D eigenvalue weighted by molar-refractivity contribution is -0.0591. The molecule has 6 nitrogen and oxygen atoms in total. The number of esters is 1. The summed E-state index contributed by atoms with van der Waals surface area (Å²) in [7, 11) is 1.26. The number of rotatable bonds is 5. The van der Waals surface area contributed by atoms with Crippen LogP contribution in [-0.2, 0) is 22.4 Å². The smallest absolute Gasteiger partial charge is 0.340 e. The summed E-state index contributed by atoms with van der Waals surface area (Å²) >= 11 is 0. The van der Waals surface area contributed by atoms with Gasteiger partial charge in [-0.15, -0.1) is 0 Å². The first-order valence-corrected chi connectivity index (χ1v) is 9.25. The fraction of sp³-hybridized carbons (Fsp3) is 0.579. The van der Waals surface area contributed by atoms with Crippen molar-refractivity contribution in [1.82, 2.24) is 14.9 Å². The van der Waals surface area contributed by atoms with Gasteiger partial charge in [0.15, 0.2) is 5.82 Å². The van der Waals surface area contributed by atoms with Crippen LogP contribution in [0.15, 0.2) is 12.1 Å². The lowest BCUT2D eigenvalue weighted by Gasteiger charge is -2.28. The molecule has 0 spiro atoms. The van der Waals surface area contributed by atoms with Gasteiger partial charge in [0, 0.05) is 13.0 Å². The third kappa shape index (κ3) is 3.21. The molecule has 7 heteroatoms. The number of fused-ring (bicyclic) bond motifs is 1. The number of hydrogen-bond acceptors (Lipinski definition) is 5. The van der Waals surface area contributed by atoms with Crippen LogP contribution in [0.5, 0.6) is 0 Å². The van der Waals surface area contributed by atoms with Crippen molar-refractivity contribution in [3.63, 3.8) is 0 Å². The molecule has 2 fully saturated rings. The summed E-state index contributed by atoms with van der Waals surface area (Å²) in [6.07, 6.45) is 4.05. The number of methoxy groups -OCH3 is 1. The van der Waals surface area contributed by atoms with Gasteiger partial charge in [-0.1, -0.05) is 0 Å². The fourth-order valence-electron chi connectivity index (χ4n) is 3.83. The minimum absolute atomic E-state index is 0.0518. The number of ether oxygens (including phenoxy) is 2. The number of nitrogens with zero attached hydrogens (tertiary/aromatic N) is 2. The maximum absolute atomic E-state index is 15.1. The van der Waals surface area contributed by atoms with Crippen LogP contribution in [0.3, 0.4) is 0 Å². The average Bonchev–Trinajstić information content (AvgIpc) is 2.96. The zero-order valence-corrected chi connectivity index (χ0v) is 15.0. The number of hydrogen-bond donors (Lipinski definition) is 1. The molecule has 2 aliphatic heterocycles. The number of carbonyl (C=O) groups is 1. The molecule has 1 atom stereocenters. The second-order valence-corrected chi connectivity index (χ2v) is 7.10. The fourth-order valence-corrected chi connectivity index (χ4v) is 3.83. The van der Waals surface area contributed by atoms with E-state index in [4.69, 9.17) is 14.5 Å². The molecule has 0 bridgehead atoms. The van der Waals surface area contributed by atoms with Crippen LogP contribution in [-0.4, -0.2) is 48.4 Å². The number of benzene rings is 1. The Morgan fingerprint density at radius 3 is 2.81 bits per heavy atom. The molecular weight excluding hydrogens is 337 g/mol. The van der Waals surface area contributed by atoms with E-state index in [1.165, 1.54) is 13.2 Å². The highest BCUT2D eigenvalue weighted by Gasteiger charge is 2.26. The van der Waals surface area contributed by atoms with Crippen LogP contribution >= 0.6 is 0 Å². The summed E-state index contributed by atoms with van der Waals surface area (Å²) in [5, 5.41) is 3.37. The average molecular weight is 361 g/mol. The predicted octanol–water partition coefficient (Wildman–Crippen LogP) is 2.29. The molecule has 0 unspecified atom stereocenters. The highest BCUT2D eigenvalue weighted by atomic mass is 19.1. The molecule has 0 radical (unpaired) electrons. The van der Waals surface area contributed by atoms with Crippen molar-refractivity contribution in [2.45, 2.75) is 38.3 Å². The molecule has 4 rings (SSSR count). The minimum Gasteiger partial charge on any atom is -0.465 e. The standard InChI is InChI=1S/C19H24FN3O3/c1-25-19(24)14-2-3-15-18(17(14)20)23(11-13-6-9-26-13)16(22-15)10-12-4-7-21-8-5-12/h2-3,12-13,21H,4-11H2,1H3/t13-/m0/s1. The van der Waals surface area contributed by atoms with E-state index in [0.29, 0.717) is 23.5 Å². The summed E-state index contributed by atoms with van der Waals surface area (Å²) in [4.78, 5) is 16.6. The van der Waals surface area contributed by atoms with E-state index in [1.54, 1.807) is 6.07 Å². The second kappa shape index (κ2) is 7.32. The van der Waals surface area contributed by atoms with E-state index in [1.807, 2.05) is 4.57 Å². The number of carbonyl (C=O) groups excluding carboxylic acids is 1. The molecule has 2 aromatic rings. The Kier molecular flexibility index (Phi) is 4.91. The maximum Gasteiger partial charge on any atom is 0.340 e. The monoisotopic (exact) mass is 361 g/mol. The SMILES string of the molecule is COC(=O)c1ccc2nc(CC3CCNCC3)n(C[C@@H]3CCO3)c2c1F. The van der Waals surface area contributed by atoms with Gasteiger partial charge in [0.2, 0.25) is 0 Å². The number of halogens is 1. The van der Waals surface area contributed by atoms with E-state index in [9.17, 15) is 4.79 Å². The van der Waals surface area contributed by atoms with Gasteiger partial charge in [0.25, 0.3) is 0 Å². The van der Waals surface area contributed by atoms with Crippen molar-refractivity contribution < 1.29 is 18.7 Å². The van der Waals surface area contributed by atoms with Gasteiger partial charge < -0.3 is 19.4 Å².